The number of nitrogens with zero attached hydrogens (tertiary/aromatic N) is 2. The van der Waals surface area contributed by atoms with Crippen LogP contribution < -0.4 is 0 Å². The standard InChI is InChI=1S/C16H22N2O3/c1-17(11-9-13-6-3-2-4-7-13)16(21)18-10-5-8-14(12-18)15(19)20/h2-4,6-7,14H,5,8-12H2,1H3,(H,19,20)/t14-/m0/s1. The van der Waals surface area contributed by atoms with Gasteiger partial charge < -0.3 is 14.9 Å². The van der Waals surface area contributed by atoms with Gasteiger partial charge in [0.05, 0.1) is 5.92 Å². The summed E-state index contributed by atoms with van der Waals surface area (Å²) < 4.78 is 0. The molecular weight excluding hydrogens is 268 g/mol. The number of carboxylic acids is 1. The molecular formula is C16H22N2O3. The van der Waals surface area contributed by atoms with E-state index in [0.29, 0.717) is 26.1 Å². The Morgan fingerprint density at radius 1 is 1.33 bits per heavy atom. The van der Waals surface area contributed by atoms with Crippen LogP contribution in [0.4, 0.5) is 4.79 Å². The highest BCUT2D eigenvalue weighted by Crippen LogP contribution is 2.17. The molecule has 1 aromatic carbocycles. The van der Waals surface area contributed by atoms with Crippen molar-refractivity contribution in [2.45, 2.75) is 19.3 Å². The van der Waals surface area contributed by atoms with Gasteiger partial charge in [-0.15, -0.1) is 0 Å². The number of rotatable bonds is 4. The minimum atomic E-state index is -0.806. The summed E-state index contributed by atoms with van der Waals surface area (Å²) in [4.78, 5) is 26.7. The molecule has 5 heteroatoms. The van der Waals surface area contributed by atoms with Crippen LogP contribution in [0.2, 0.25) is 0 Å². The fourth-order valence-electron chi connectivity index (χ4n) is 2.63. The van der Waals surface area contributed by atoms with E-state index >= 15 is 0 Å². The molecule has 0 unspecified atom stereocenters. The Morgan fingerprint density at radius 2 is 2.05 bits per heavy atom. The highest BCUT2D eigenvalue weighted by Gasteiger charge is 2.29. The van der Waals surface area contributed by atoms with Crippen LogP contribution in [0.3, 0.4) is 0 Å². The van der Waals surface area contributed by atoms with Crippen LogP contribution in [0.5, 0.6) is 0 Å². The quantitative estimate of drug-likeness (QED) is 0.923. The fraction of sp³-hybridized carbons (Fsp3) is 0.500. The predicted octanol–water partition coefficient (Wildman–Crippen LogP) is 2.08. The lowest BCUT2D eigenvalue weighted by molar-refractivity contribution is -0.143. The van der Waals surface area contributed by atoms with E-state index in [9.17, 15) is 9.59 Å². The molecule has 2 rings (SSSR count). The van der Waals surface area contributed by atoms with E-state index in [0.717, 1.165) is 12.8 Å². The molecule has 0 saturated carbocycles. The predicted molar refractivity (Wildman–Crippen MR) is 80.1 cm³/mol. The summed E-state index contributed by atoms with van der Waals surface area (Å²) in [6, 6.07) is 9.95. The van der Waals surface area contributed by atoms with Gasteiger partial charge in [0.15, 0.2) is 0 Å². The minimum absolute atomic E-state index is 0.0723. The first-order valence-corrected chi connectivity index (χ1v) is 7.34. The lowest BCUT2D eigenvalue weighted by Crippen LogP contribution is -2.48. The minimum Gasteiger partial charge on any atom is -0.481 e. The van der Waals surface area contributed by atoms with Gasteiger partial charge in [0.1, 0.15) is 0 Å². The maximum atomic E-state index is 12.3. The second-order valence-corrected chi connectivity index (χ2v) is 5.56. The number of hydrogen-bond donors (Lipinski definition) is 1. The van der Waals surface area contributed by atoms with Crippen molar-refractivity contribution in [3.8, 4) is 0 Å². The molecule has 1 aliphatic heterocycles. The van der Waals surface area contributed by atoms with Crippen LogP contribution in [0.25, 0.3) is 0 Å². The molecule has 0 radical (unpaired) electrons. The van der Waals surface area contributed by atoms with E-state index in [1.807, 2.05) is 30.3 Å². The fourth-order valence-corrected chi connectivity index (χ4v) is 2.63. The number of aliphatic carboxylic acids is 1. The van der Waals surface area contributed by atoms with Crippen molar-refractivity contribution in [2.24, 2.45) is 5.92 Å². The molecule has 1 aliphatic rings. The van der Waals surface area contributed by atoms with Gasteiger partial charge in [-0.25, -0.2) is 4.79 Å². The lowest BCUT2D eigenvalue weighted by Gasteiger charge is -2.33. The number of hydrogen-bond acceptors (Lipinski definition) is 2. The first-order chi connectivity index (χ1) is 10.1. The van der Waals surface area contributed by atoms with Crippen LogP contribution >= 0.6 is 0 Å². The molecule has 1 atom stereocenters. The van der Waals surface area contributed by atoms with Crippen molar-refractivity contribution >= 4 is 12.0 Å². The maximum Gasteiger partial charge on any atom is 0.319 e. The molecule has 1 N–H and O–H groups in total. The number of benzene rings is 1. The Hall–Kier alpha value is -2.04. The molecule has 114 valence electrons. The molecule has 1 heterocycles. The van der Waals surface area contributed by atoms with Gasteiger partial charge in [0, 0.05) is 26.7 Å². The van der Waals surface area contributed by atoms with Crippen LogP contribution in [0.1, 0.15) is 18.4 Å². The smallest absolute Gasteiger partial charge is 0.319 e. The molecule has 0 bridgehead atoms. The van der Waals surface area contributed by atoms with E-state index in [1.165, 1.54) is 5.56 Å². The summed E-state index contributed by atoms with van der Waals surface area (Å²) in [6.45, 7) is 1.61. The normalized spacial score (nSPS) is 18.3. The summed E-state index contributed by atoms with van der Waals surface area (Å²) in [5.41, 5.74) is 1.19. The number of likely N-dealkylation sites (N-methyl/N-ethyl adjacent to an activating group) is 1. The Kier molecular flexibility index (Phi) is 5.20. The first-order valence-electron chi connectivity index (χ1n) is 7.34. The second-order valence-electron chi connectivity index (χ2n) is 5.56. The van der Waals surface area contributed by atoms with Gasteiger partial charge >= 0.3 is 12.0 Å². The number of carbonyl (C=O) groups excluding carboxylic acids is 1. The van der Waals surface area contributed by atoms with Crippen LogP contribution in [0, 0.1) is 5.92 Å². The van der Waals surface area contributed by atoms with Gasteiger partial charge in [0.2, 0.25) is 0 Å². The average molecular weight is 290 g/mol. The summed E-state index contributed by atoms with van der Waals surface area (Å²) >= 11 is 0. The third kappa shape index (κ3) is 4.21. The Morgan fingerprint density at radius 3 is 2.71 bits per heavy atom. The van der Waals surface area contributed by atoms with E-state index in [-0.39, 0.29) is 6.03 Å². The van der Waals surface area contributed by atoms with Crippen LogP contribution in [0.15, 0.2) is 30.3 Å². The molecule has 21 heavy (non-hydrogen) atoms. The topological polar surface area (TPSA) is 60.9 Å². The molecule has 0 aromatic heterocycles. The van der Waals surface area contributed by atoms with Gasteiger partial charge in [-0.3, -0.25) is 4.79 Å². The number of carbonyl (C=O) groups is 2. The molecule has 1 saturated heterocycles. The second kappa shape index (κ2) is 7.11. The molecule has 0 spiro atoms. The largest absolute Gasteiger partial charge is 0.481 e. The van der Waals surface area contributed by atoms with Gasteiger partial charge in [-0.05, 0) is 24.8 Å². The van der Waals surface area contributed by atoms with E-state index in [4.69, 9.17) is 5.11 Å². The SMILES string of the molecule is CN(CCc1ccccc1)C(=O)N1CCC[C@H](C(=O)O)C1. The number of piperidine rings is 1. The van der Waals surface area contributed by atoms with Crippen LogP contribution in [-0.2, 0) is 11.2 Å². The number of amides is 2. The molecule has 1 aromatic rings. The van der Waals surface area contributed by atoms with Crippen molar-refractivity contribution in [2.75, 3.05) is 26.7 Å². The highest BCUT2D eigenvalue weighted by molar-refractivity contribution is 5.76. The number of carboxylic acid groups (broad SMARTS) is 1. The Labute approximate surface area is 125 Å². The van der Waals surface area contributed by atoms with Crippen LogP contribution in [-0.4, -0.2) is 53.6 Å². The van der Waals surface area contributed by atoms with Crippen molar-refractivity contribution in [1.82, 2.24) is 9.80 Å². The van der Waals surface area contributed by atoms with Gasteiger partial charge in [-0.2, -0.15) is 0 Å². The first kappa shape index (κ1) is 15.4. The summed E-state index contributed by atoms with van der Waals surface area (Å²) in [5, 5.41) is 9.08. The van der Waals surface area contributed by atoms with E-state index in [2.05, 4.69) is 0 Å². The monoisotopic (exact) mass is 290 g/mol. The molecule has 5 nitrogen and oxygen atoms in total. The van der Waals surface area contributed by atoms with Crippen molar-refractivity contribution < 1.29 is 14.7 Å². The zero-order valence-electron chi connectivity index (χ0n) is 12.4. The lowest BCUT2D eigenvalue weighted by atomic mass is 9.99. The van der Waals surface area contributed by atoms with Crippen molar-refractivity contribution in [1.29, 1.82) is 0 Å². The maximum absolute atomic E-state index is 12.3. The Balaban J connectivity index is 1.85. The number of urea groups is 1. The summed E-state index contributed by atoms with van der Waals surface area (Å²) in [5.74, 6) is -1.23. The molecule has 2 amide bonds. The zero-order valence-corrected chi connectivity index (χ0v) is 12.4. The average Bonchev–Trinajstić information content (AvgIpc) is 2.53. The van der Waals surface area contributed by atoms with Gasteiger partial charge in [-0.1, -0.05) is 30.3 Å². The van der Waals surface area contributed by atoms with Crippen molar-refractivity contribution in [3.05, 3.63) is 35.9 Å². The van der Waals surface area contributed by atoms with E-state index < -0.39 is 11.9 Å². The van der Waals surface area contributed by atoms with Crippen molar-refractivity contribution in [3.63, 3.8) is 0 Å². The molecule has 1 fully saturated rings. The third-order valence-corrected chi connectivity index (χ3v) is 3.95. The summed E-state index contributed by atoms with van der Waals surface area (Å²) in [7, 11) is 1.77. The number of likely N-dealkylation sites (tertiary alicyclic amines) is 1. The molecule has 0 aliphatic carbocycles. The van der Waals surface area contributed by atoms with E-state index in [1.54, 1.807) is 16.8 Å². The zero-order chi connectivity index (χ0) is 15.2. The third-order valence-electron chi connectivity index (χ3n) is 3.95. The Bertz CT molecular complexity index is 490. The van der Waals surface area contributed by atoms with Gasteiger partial charge in [0.25, 0.3) is 0 Å². The summed E-state index contributed by atoms with van der Waals surface area (Å²) in [6.07, 6.45) is 2.22. The highest BCUT2D eigenvalue weighted by atomic mass is 16.4.